The predicted octanol–water partition coefficient (Wildman–Crippen LogP) is 2.99. The smallest absolute Gasteiger partial charge is 0.121 e. The molecule has 0 amide bonds. The Morgan fingerprint density at radius 3 is 2.88 bits per heavy atom. The quantitative estimate of drug-likeness (QED) is 0.942. The number of rotatable bonds is 4. The van der Waals surface area contributed by atoms with Crippen molar-refractivity contribution >= 4 is 15.9 Å². The summed E-state index contributed by atoms with van der Waals surface area (Å²) in [5.41, 5.74) is 2.92. The second-order valence-electron chi connectivity index (χ2n) is 3.95. The molecule has 0 saturated heterocycles. The Balaban J connectivity index is 1.98. The van der Waals surface area contributed by atoms with Crippen molar-refractivity contribution in [3.05, 3.63) is 45.7 Å². The molecule has 0 aliphatic heterocycles. The minimum Gasteiger partial charge on any atom is -0.304 e. The van der Waals surface area contributed by atoms with Crippen molar-refractivity contribution in [2.75, 3.05) is 0 Å². The summed E-state index contributed by atoms with van der Waals surface area (Å²) < 4.78 is 5.74. The Kier molecular flexibility index (Phi) is 3.91. The third kappa shape index (κ3) is 3.14. The molecule has 5 heteroatoms. The van der Waals surface area contributed by atoms with Crippen LogP contribution in [0.1, 0.15) is 29.9 Å². The fourth-order valence-electron chi connectivity index (χ4n) is 1.55. The van der Waals surface area contributed by atoms with Gasteiger partial charge in [0.1, 0.15) is 11.4 Å². The number of hydrogen-bond donors (Lipinski definition) is 1. The first kappa shape index (κ1) is 12.3. The fraction of sp³-hybridized carbons (Fsp3) is 0.333. The molecule has 0 saturated carbocycles. The van der Waals surface area contributed by atoms with Crippen molar-refractivity contribution in [1.82, 2.24) is 15.6 Å². The molecule has 0 aliphatic rings. The van der Waals surface area contributed by atoms with Gasteiger partial charge in [0.15, 0.2) is 0 Å². The lowest BCUT2D eigenvalue weighted by Crippen LogP contribution is -2.18. The van der Waals surface area contributed by atoms with Gasteiger partial charge >= 0.3 is 0 Å². The first-order valence-electron chi connectivity index (χ1n) is 5.43. The van der Waals surface area contributed by atoms with Gasteiger partial charge < -0.3 is 5.32 Å². The Labute approximate surface area is 109 Å². The van der Waals surface area contributed by atoms with Gasteiger partial charge in [-0.25, -0.2) is 4.63 Å². The Hall–Kier alpha value is -1.20. The largest absolute Gasteiger partial charge is 0.304 e. The number of halogens is 1. The summed E-state index contributed by atoms with van der Waals surface area (Å²) in [5, 5.41) is 11.0. The van der Waals surface area contributed by atoms with Gasteiger partial charge in [-0.05, 0) is 31.5 Å². The number of benzene rings is 1. The predicted molar refractivity (Wildman–Crippen MR) is 68.4 cm³/mol. The zero-order chi connectivity index (χ0) is 12.3. The van der Waals surface area contributed by atoms with E-state index in [-0.39, 0.29) is 6.04 Å². The van der Waals surface area contributed by atoms with E-state index in [1.807, 2.05) is 19.1 Å². The van der Waals surface area contributed by atoms with Gasteiger partial charge in [0.2, 0.25) is 0 Å². The van der Waals surface area contributed by atoms with Crippen LogP contribution in [0.15, 0.2) is 33.4 Å². The molecule has 1 aromatic heterocycles. The van der Waals surface area contributed by atoms with Crippen LogP contribution in [-0.4, -0.2) is 10.3 Å². The fourth-order valence-corrected chi connectivity index (χ4v) is 1.97. The topological polar surface area (TPSA) is 51.0 Å². The minimum absolute atomic E-state index is 0.253. The van der Waals surface area contributed by atoms with Crippen LogP contribution in [0.2, 0.25) is 0 Å². The maximum absolute atomic E-state index is 4.65. The molecule has 2 rings (SSSR count). The average molecular weight is 296 g/mol. The molecule has 0 fully saturated rings. The number of nitrogens with zero attached hydrogens (tertiary/aromatic N) is 2. The van der Waals surface area contributed by atoms with E-state index in [9.17, 15) is 0 Å². The summed E-state index contributed by atoms with van der Waals surface area (Å²) in [5.74, 6) is 0. The molecule has 1 atom stereocenters. The van der Waals surface area contributed by atoms with E-state index in [0.717, 1.165) is 15.9 Å². The molecule has 0 radical (unpaired) electrons. The van der Waals surface area contributed by atoms with Crippen molar-refractivity contribution in [2.24, 2.45) is 0 Å². The van der Waals surface area contributed by atoms with Gasteiger partial charge in [0, 0.05) is 17.1 Å². The number of aryl methyl sites for hydroxylation is 1. The molecule has 1 N–H and O–H groups in total. The van der Waals surface area contributed by atoms with Crippen LogP contribution in [-0.2, 0) is 6.54 Å². The maximum Gasteiger partial charge on any atom is 0.121 e. The van der Waals surface area contributed by atoms with E-state index in [1.54, 1.807) is 0 Å². The molecule has 0 unspecified atom stereocenters. The van der Waals surface area contributed by atoms with Crippen molar-refractivity contribution in [3.8, 4) is 0 Å². The lowest BCUT2D eigenvalue weighted by molar-refractivity contribution is 0.300. The summed E-state index contributed by atoms with van der Waals surface area (Å²) in [6.07, 6.45) is 0. The van der Waals surface area contributed by atoms with Crippen molar-refractivity contribution in [1.29, 1.82) is 0 Å². The Bertz CT molecular complexity index is 498. The second-order valence-corrected chi connectivity index (χ2v) is 4.87. The Morgan fingerprint density at radius 1 is 1.41 bits per heavy atom. The molecule has 4 nitrogen and oxygen atoms in total. The first-order valence-corrected chi connectivity index (χ1v) is 6.23. The monoisotopic (exact) mass is 295 g/mol. The highest BCUT2D eigenvalue weighted by molar-refractivity contribution is 9.10. The third-order valence-electron chi connectivity index (χ3n) is 2.67. The van der Waals surface area contributed by atoms with Crippen LogP contribution in [0.4, 0.5) is 0 Å². The molecule has 0 spiro atoms. The van der Waals surface area contributed by atoms with E-state index >= 15 is 0 Å². The summed E-state index contributed by atoms with van der Waals surface area (Å²) >= 11 is 3.47. The highest BCUT2D eigenvalue weighted by Crippen LogP contribution is 2.18. The highest BCUT2D eigenvalue weighted by Gasteiger charge is 2.09. The number of hydrogen-bond acceptors (Lipinski definition) is 4. The SMILES string of the molecule is Cc1nonc1CN[C@H](C)c1cccc(Br)c1. The van der Waals surface area contributed by atoms with Crippen LogP contribution < -0.4 is 5.32 Å². The molecule has 0 aliphatic carbocycles. The molecular formula is C12H14BrN3O. The van der Waals surface area contributed by atoms with E-state index in [0.29, 0.717) is 6.54 Å². The summed E-state index contributed by atoms with van der Waals surface area (Å²) in [7, 11) is 0. The molecule has 90 valence electrons. The number of nitrogens with one attached hydrogen (secondary N) is 1. The minimum atomic E-state index is 0.253. The van der Waals surface area contributed by atoms with E-state index in [4.69, 9.17) is 0 Å². The standard InChI is InChI=1S/C12H14BrN3O/c1-8(10-4-3-5-11(13)6-10)14-7-12-9(2)15-17-16-12/h3-6,8,14H,7H2,1-2H3/t8-/m1/s1. The van der Waals surface area contributed by atoms with Crippen molar-refractivity contribution < 1.29 is 4.63 Å². The average Bonchev–Trinajstić information content (AvgIpc) is 2.72. The lowest BCUT2D eigenvalue weighted by Gasteiger charge is -2.13. The third-order valence-corrected chi connectivity index (χ3v) is 3.16. The molecule has 2 aromatic rings. The zero-order valence-electron chi connectivity index (χ0n) is 9.77. The molecule has 1 heterocycles. The summed E-state index contributed by atoms with van der Waals surface area (Å²) in [6, 6.07) is 8.49. The molecule has 17 heavy (non-hydrogen) atoms. The van der Waals surface area contributed by atoms with Crippen LogP contribution >= 0.6 is 15.9 Å². The van der Waals surface area contributed by atoms with E-state index in [1.165, 1.54) is 5.56 Å². The Morgan fingerprint density at radius 2 is 2.24 bits per heavy atom. The summed E-state index contributed by atoms with van der Waals surface area (Å²) in [4.78, 5) is 0. The normalized spacial score (nSPS) is 12.6. The maximum atomic E-state index is 4.65. The van der Waals surface area contributed by atoms with Crippen molar-refractivity contribution in [2.45, 2.75) is 26.4 Å². The second kappa shape index (κ2) is 5.42. The van der Waals surface area contributed by atoms with Gasteiger partial charge in [-0.3, -0.25) is 0 Å². The van der Waals surface area contributed by atoms with Gasteiger partial charge in [-0.1, -0.05) is 38.4 Å². The van der Waals surface area contributed by atoms with Crippen LogP contribution in [0.3, 0.4) is 0 Å². The van der Waals surface area contributed by atoms with Crippen LogP contribution in [0, 0.1) is 6.92 Å². The molecular weight excluding hydrogens is 282 g/mol. The van der Waals surface area contributed by atoms with Crippen molar-refractivity contribution in [3.63, 3.8) is 0 Å². The molecule has 1 aromatic carbocycles. The van der Waals surface area contributed by atoms with E-state index in [2.05, 4.69) is 55.2 Å². The van der Waals surface area contributed by atoms with Crippen LogP contribution in [0.5, 0.6) is 0 Å². The number of aromatic nitrogens is 2. The van der Waals surface area contributed by atoms with Gasteiger partial charge in [0.25, 0.3) is 0 Å². The highest BCUT2D eigenvalue weighted by atomic mass is 79.9. The van der Waals surface area contributed by atoms with E-state index < -0.39 is 0 Å². The lowest BCUT2D eigenvalue weighted by atomic mass is 10.1. The van der Waals surface area contributed by atoms with Gasteiger partial charge in [-0.15, -0.1) is 0 Å². The zero-order valence-corrected chi connectivity index (χ0v) is 11.4. The van der Waals surface area contributed by atoms with Crippen LogP contribution in [0.25, 0.3) is 0 Å². The molecule has 0 bridgehead atoms. The van der Waals surface area contributed by atoms with Gasteiger partial charge in [-0.2, -0.15) is 0 Å². The van der Waals surface area contributed by atoms with Gasteiger partial charge in [0.05, 0.1) is 0 Å². The summed E-state index contributed by atoms with van der Waals surface area (Å²) in [6.45, 7) is 4.66. The first-order chi connectivity index (χ1) is 8.16.